The van der Waals surface area contributed by atoms with E-state index in [2.05, 4.69) is 4.18 Å². The van der Waals surface area contributed by atoms with Crippen molar-refractivity contribution in [2.45, 2.75) is 31.6 Å². The van der Waals surface area contributed by atoms with Gasteiger partial charge in [0.25, 0.3) is 0 Å². The number of benzene rings is 4. The number of aldehydes is 2. The van der Waals surface area contributed by atoms with Crippen molar-refractivity contribution in [3.8, 4) is 23.0 Å². The van der Waals surface area contributed by atoms with Gasteiger partial charge in [-0.1, -0.05) is 83.9 Å². The number of phenols is 1. The zero-order chi connectivity index (χ0) is 37.3. The molecule has 4 aromatic carbocycles. The maximum Gasteiger partial charge on any atom is 0.534 e. The van der Waals surface area contributed by atoms with Crippen molar-refractivity contribution in [1.29, 1.82) is 0 Å². The summed E-state index contributed by atoms with van der Waals surface area (Å²) in [4.78, 5) is 21.9. The molecule has 0 unspecified atom stereocenters. The van der Waals surface area contributed by atoms with Crippen molar-refractivity contribution in [1.82, 2.24) is 0 Å². The quantitative estimate of drug-likeness (QED) is 0.0456. The summed E-state index contributed by atoms with van der Waals surface area (Å²) in [5, 5.41) is 10.1. The molecule has 51 heavy (non-hydrogen) atoms. The normalized spacial score (nSPS) is 11.2. The number of rotatable bonds is 18. The van der Waals surface area contributed by atoms with Crippen LogP contribution in [0.3, 0.4) is 0 Å². The molecule has 0 aliphatic carbocycles. The molecule has 0 aliphatic heterocycles. The molecule has 4 aromatic rings. The van der Waals surface area contributed by atoms with Crippen LogP contribution in [0.25, 0.3) is 0 Å². The molecule has 4 rings (SSSR count). The molecule has 0 radical (unpaired) electrons. The number of hydrogen-bond donors (Lipinski definition) is 1. The number of halogens is 5. The SMILES string of the molecule is O=Cc1cc(Cl)cc(OCCCOCc2ccccc2)c1O.O=Cc1cc(Cl)cc(OCCCOCc2ccccc2)c1OS(=O)(=O)C(F)(F)F. The molecule has 1 N–H and O–H groups in total. The predicted octanol–water partition coefficient (Wildman–Crippen LogP) is 8.21. The second-order valence-corrected chi connectivity index (χ2v) is 12.8. The molecule has 274 valence electrons. The number of phenolic OH excluding ortho intramolecular Hbond substituents is 1. The van der Waals surface area contributed by atoms with E-state index >= 15 is 0 Å². The van der Waals surface area contributed by atoms with Crippen LogP contribution in [-0.2, 0) is 32.8 Å². The fraction of sp³-hybridized carbons (Fsp3) is 0.257. The number of aromatic hydroxyl groups is 1. The first kappa shape index (κ1) is 41.1. The van der Waals surface area contributed by atoms with Gasteiger partial charge in [0.2, 0.25) is 0 Å². The molecule has 0 fully saturated rings. The van der Waals surface area contributed by atoms with Gasteiger partial charge in [-0.25, -0.2) is 0 Å². The molecule has 0 aliphatic rings. The number of hydrogen-bond acceptors (Lipinski definition) is 10. The molecule has 16 heteroatoms. The van der Waals surface area contributed by atoms with E-state index in [0.717, 1.165) is 23.3 Å². The van der Waals surface area contributed by atoms with Crippen LogP contribution < -0.4 is 13.7 Å². The van der Waals surface area contributed by atoms with Gasteiger partial charge in [-0.05, 0) is 23.3 Å². The molecular formula is C35H33Cl2F3O10S. The summed E-state index contributed by atoms with van der Waals surface area (Å²) in [6.45, 7) is 2.05. The van der Waals surface area contributed by atoms with Gasteiger partial charge in [0.1, 0.15) is 0 Å². The zero-order valence-electron chi connectivity index (χ0n) is 26.8. The molecule has 0 atom stereocenters. The molecule has 10 nitrogen and oxygen atoms in total. The smallest absolute Gasteiger partial charge is 0.504 e. The first-order valence-electron chi connectivity index (χ1n) is 15.1. The van der Waals surface area contributed by atoms with Crippen molar-refractivity contribution in [3.63, 3.8) is 0 Å². The van der Waals surface area contributed by atoms with E-state index in [-0.39, 0.29) is 41.6 Å². The molecule has 0 spiro atoms. The highest BCUT2D eigenvalue weighted by molar-refractivity contribution is 7.88. The van der Waals surface area contributed by atoms with Crippen LogP contribution in [0.2, 0.25) is 10.0 Å². The van der Waals surface area contributed by atoms with Crippen molar-refractivity contribution < 1.29 is 59.4 Å². The highest BCUT2D eigenvalue weighted by Crippen LogP contribution is 2.38. The lowest BCUT2D eigenvalue weighted by molar-refractivity contribution is -0.0500. The third-order valence-electron chi connectivity index (χ3n) is 6.45. The maximum atomic E-state index is 12.6. The predicted molar refractivity (Wildman–Crippen MR) is 183 cm³/mol. The van der Waals surface area contributed by atoms with E-state index in [1.165, 1.54) is 12.1 Å². The van der Waals surface area contributed by atoms with Gasteiger partial charge in [-0.2, -0.15) is 21.6 Å². The molecule has 0 bridgehead atoms. The van der Waals surface area contributed by atoms with Crippen molar-refractivity contribution in [3.05, 3.63) is 117 Å². The Morgan fingerprint density at radius 2 is 1.12 bits per heavy atom. The summed E-state index contributed by atoms with van der Waals surface area (Å²) >= 11 is 11.7. The van der Waals surface area contributed by atoms with E-state index in [4.69, 9.17) is 42.1 Å². The Kier molecular flexibility index (Phi) is 16.5. The zero-order valence-corrected chi connectivity index (χ0v) is 29.1. The largest absolute Gasteiger partial charge is 0.534 e. The van der Waals surface area contributed by atoms with Gasteiger partial charge in [-0.15, -0.1) is 0 Å². The van der Waals surface area contributed by atoms with Crippen LogP contribution in [0.15, 0.2) is 84.9 Å². The average molecular weight is 774 g/mol. The highest BCUT2D eigenvalue weighted by Gasteiger charge is 2.49. The van der Waals surface area contributed by atoms with Gasteiger partial charge >= 0.3 is 15.6 Å². The van der Waals surface area contributed by atoms with Crippen LogP contribution in [0.1, 0.15) is 44.7 Å². The number of ether oxygens (including phenoxy) is 4. The topological polar surface area (TPSA) is 135 Å². The summed E-state index contributed by atoms with van der Waals surface area (Å²) in [6, 6.07) is 24.1. The molecule has 0 amide bonds. The van der Waals surface area contributed by atoms with Gasteiger partial charge < -0.3 is 28.2 Å². The summed E-state index contributed by atoms with van der Waals surface area (Å²) in [7, 11) is -6.00. The lowest BCUT2D eigenvalue weighted by Gasteiger charge is -2.15. The Hall–Kier alpha value is -4.34. The van der Waals surface area contributed by atoms with Crippen molar-refractivity contribution in [2.75, 3.05) is 26.4 Å². The van der Waals surface area contributed by atoms with E-state index in [1.807, 2.05) is 60.7 Å². The Labute approximate surface area is 302 Å². The summed E-state index contributed by atoms with van der Waals surface area (Å²) in [5.41, 5.74) is -3.98. The number of alkyl halides is 3. The summed E-state index contributed by atoms with van der Waals surface area (Å²) in [6.07, 6.45) is 1.65. The molecular weight excluding hydrogens is 740 g/mol. The molecule has 0 saturated carbocycles. The van der Waals surface area contributed by atoms with Crippen LogP contribution >= 0.6 is 23.2 Å². The number of carbonyl (C=O) groups is 2. The van der Waals surface area contributed by atoms with E-state index in [0.29, 0.717) is 50.6 Å². The fourth-order valence-corrected chi connectivity index (χ4v) is 4.96. The Morgan fingerprint density at radius 1 is 0.667 bits per heavy atom. The van der Waals surface area contributed by atoms with Crippen LogP contribution in [0.5, 0.6) is 23.0 Å². The molecule has 0 aromatic heterocycles. The van der Waals surface area contributed by atoms with Gasteiger partial charge in [0, 0.05) is 35.0 Å². The Bertz CT molecular complexity index is 1810. The minimum Gasteiger partial charge on any atom is -0.504 e. The Balaban J connectivity index is 0.000000286. The fourth-order valence-electron chi connectivity index (χ4n) is 4.04. The third kappa shape index (κ3) is 13.7. The minimum atomic E-state index is -6.00. The lowest BCUT2D eigenvalue weighted by atomic mass is 10.2. The first-order valence-corrected chi connectivity index (χ1v) is 17.3. The van der Waals surface area contributed by atoms with Crippen molar-refractivity contribution in [2.24, 2.45) is 0 Å². The van der Waals surface area contributed by atoms with Crippen LogP contribution in [0, 0.1) is 0 Å². The van der Waals surface area contributed by atoms with E-state index in [1.54, 1.807) is 0 Å². The Morgan fingerprint density at radius 3 is 1.59 bits per heavy atom. The van der Waals surface area contributed by atoms with Crippen LogP contribution in [0.4, 0.5) is 13.2 Å². The minimum absolute atomic E-state index is 0.0424. The second-order valence-electron chi connectivity index (χ2n) is 10.4. The van der Waals surface area contributed by atoms with Crippen LogP contribution in [-0.4, -0.2) is 58.0 Å². The number of carbonyl (C=O) groups excluding carboxylic acids is 2. The molecule has 0 saturated heterocycles. The standard InChI is InChI=1S/C18H16ClF3O6S.C17H17ClO4/c19-15-9-14(11-23)17(28-29(24,25)18(20,21)22)16(10-15)27-8-4-7-26-12-13-5-2-1-3-6-13;18-15-9-14(11-19)17(20)16(10-15)22-8-4-7-21-12-13-5-2-1-3-6-13/h1-3,5-6,9-11H,4,7-8,12H2;1-3,5-6,9-11,20H,4,7-8,12H2. The second kappa shape index (κ2) is 20.5. The molecule has 0 heterocycles. The third-order valence-corrected chi connectivity index (χ3v) is 7.84. The average Bonchev–Trinajstić information content (AvgIpc) is 3.10. The maximum absolute atomic E-state index is 12.6. The van der Waals surface area contributed by atoms with Gasteiger partial charge in [-0.3, -0.25) is 9.59 Å². The first-order chi connectivity index (χ1) is 24.3. The summed E-state index contributed by atoms with van der Waals surface area (Å²) < 4.78 is 86.3. The van der Waals surface area contributed by atoms with Crippen molar-refractivity contribution >= 4 is 45.9 Å². The summed E-state index contributed by atoms with van der Waals surface area (Å²) in [5.74, 6) is -1.27. The monoisotopic (exact) mass is 772 g/mol. The highest BCUT2D eigenvalue weighted by atomic mass is 35.5. The lowest BCUT2D eigenvalue weighted by Crippen LogP contribution is -2.28. The van der Waals surface area contributed by atoms with E-state index < -0.39 is 32.7 Å². The van der Waals surface area contributed by atoms with E-state index in [9.17, 15) is 36.3 Å². The van der Waals surface area contributed by atoms with Gasteiger partial charge in [0.05, 0.1) is 50.8 Å². The van der Waals surface area contributed by atoms with Gasteiger partial charge in [0.15, 0.2) is 35.6 Å².